The Bertz CT molecular complexity index is 805. The molecule has 0 N–H and O–H groups in total. The van der Waals surface area contributed by atoms with Gasteiger partial charge in [0.05, 0.1) is 5.69 Å². The molecule has 0 saturated carbocycles. The van der Waals surface area contributed by atoms with Gasteiger partial charge in [0.1, 0.15) is 5.69 Å². The van der Waals surface area contributed by atoms with Gasteiger partial charge >= 0.3 is 0 Å². The van der Waals surface area contributed by atoms with Gasteiger partial charge in [-0.05, 0) is 24.3 Å². The molecular formula is C21H20N2. The molecule has 0 unspecified atom stereocenters. The number of aromatic nitrogens is 2. The number of aryl methyl sites for hydroxylation is 2. The highest BCUT2D eigenvalue weighted by Crippen LogP contribution is 2.17. The number of benzene rings is 2. The van der Waals surface area contributed by atoms with Crippen molar-refractivity contribution in [2.24, 2.45) is 7.05 Å². The average molecular weight is 300 g/mol. The molecule has 0 bridgehead atoms. The molecule has 0 aliphatic carbocycles. The van der Waals surface area contributed by atoms with E-state index in [9.17, 15) is 0 Å². The van der Waals surface area contributed by atoms with Gasteiger partial charge in [-0.2, -0.15) is 5.10 Å². The first kappa shape index (κ1) is 15.1. The van der Waals surface area contributed by atoms with E-state index in [0.29, 0.717) is 0 Å². The lowest BCUT2D eigenvalue weighted by Gasteiger charge is -1.96. The first-order chi connectivity index (χ1) is 11.3. The summed E-state index contributed by atoms with van der Waals surface area (Å²) < 4.78 is 1.85. The largest absolute Gasteiger partial charge is 0.259 e. The van der Waals surface area contributed by atoms with Gasteiger partial charge in [0, 0.05) is 25.1 Å². The monoisotopic (exact) mass is 300 g/mol. The van der Waals surface area contributed by atoms with Crippen LogP contribution in [0.4, 0.5) is 0 Å². The van der Waals surface area contributed by atoms with Crippen LogP contribution in [0.5, 0.6) is 0 Å². The highest BCUT2D eigenvalue weighted by molar-refractivity contribution is 5.60. The van der Waals surface area contributed by atoms with E-state index >= 15 is 0 Å². The molecule has 0 radical (unpaired) electrons. The first-order valence-electron chi connectivity index (χ1n) is 7.95. The molecular weight excluding hydrogens is 280 g/mol. The molecule has 2 heteroatoms. The quantitative estimate of drug-likeness (QED) is 0.514. The van der Waals surface area contributed by atoms with Gasteiger partial charge in [-0.25, -0.2) is 0 Å². The maximum atomic E-state index is 4.54. The zero-order valence-electron chi connectivity index (χ0n) is 13.4. The first-order valence-corrected chi connectivity index (χ1v) is 7.95. The highest BCUT2D eigenvalue weighted by atomic mass is 15.3. The van der Waals surface area contributed by atoms with Gasteiger partial charge < -0.3 is 0 Å². The topological polar surface area (TPSA) is 17.8 Å². The second-order valence-corrected chi connectivity index (χ2v) is 5.55. The molecule has 0 fully saturated rings. The Morgan fingerprint density at radius 3 is 2.39 bits per heavy atom. The number of unbranched alkanes of at least 4 members (excludes halogenated alkanes) is 1. The minimum Gasteiger partial charge on any atom is -0.259 e. The van der Waals surface area contributed by atoms with Crippen molar-refractivity contribution in [3.63, 3.8) is 0 Å². The summed E-state index contributed by atoms with van der Waals surface area (Å²) in [5.74, 6) is 6.51. The van der Waals surface area contributed by atoms with Crippen molar-refractivity contribution in [1.82, 2.24) is 9.78 Å². The van der Waals surface area contributed by atoms with E-state index in [4.69, 9.17) is 0 Å². The molecule has 3 rings (SSSR count). The lowest BCUT2D eigenvalue weighted by Crippen LogP contribution is -1.93. The van der Waals surface area contributed by atoms with Crippen molar-refractivity contribution in [3.05, 3.63) is 78.0 Å². The van der Waals surface area contributed by atoms with E-state index in [1.807, 2.05) is 29.9 Å². The third-order valence-corrected chi connectivity index (χ3v) is 3.78. The lowest BCUT2D eigenvalue weighted by molar-refractivity contribution is 0.760. The predicted octanol–water partition coefficient (Wildman–Crippen LogP) is 4.46. The second kappa shape index (κ2) is 7.47. The number of nitrogens with zero attached hydrogens (tertiary/aromatic N) is 2. The highest BCUT2D eigenvalue weighted by Gasteiger charge is 2.04. The molecule has 0 aliphatic heterocycles. The standard InChI is InChI=1S/C21H20N2/c1-23-20(17-21(22-23)19-14-8-4-9-15-19)16-10-3-7-13-18-11-5-2-6-12-18/h2,4-6,8-9,11-12,14-15,17H,3,7,13H2,1H3. The summed E-state index contributed by atoms with van der Waals surface area (Å²) >= 11 is 0. The molecule has 0 atom stereocenters. The van der Waals surface area contributed by atoms with Crippen molar-refractivity contribution in [3.8, 4) is 23.1 Å². The lowest BCUT2D eigenvalue weighted by atomic mass is 10.1. The van der Waals surface area contributed by atoms with Gasteiger partial charge in [-0.1, -0.05) is 66.6 Å². The summed E-state index contributed by atoms with van der Waals surface area (Å²) in [6.45, 7) is 0. The minimum absolute atomic E-state index is 0.904. The zero-order chi connectivity index (χ0) is 15.9. The molecule has 3 aromatic rings. The minimum atomic E-state index is 0.904. The van der Waals surface area contributed by atoms with Crippen LogP contribution in [-0.4, -0.2) is 9.78 Å². The third-order valence-electron chi connectivity index (χ3n) is 3.78. The van der Waals surface area contributed by atoms with Crippen LogP contribution in [0.3, 0.4) is 0 Å². The van der Waals surface area contributed by atoms with Crippen LogP contribution in [0, 0.1) is 11.8 Å². The van der Waals surface area contributed by atoms with Crippen LogP contribution in [0.1, 0.15) is 24.1 Å². The maximum absolute atomic E-state index is 4.54. The Labute approximate surface area is 137 Å². The van der Waals surface area contributed by atoms with E-state index < -0.39 is 0 Å². The van der Waals surface area contributed by atoms with Crippen LogP contribution in [0.15, 0.2) is 66.7 Å². The Kier molecular flexibility index (Phi) is 4.91. The second-order valence-electron chi connectivity index (χ2n) is 5.55. The molecule has 114 valence electrons. The van der Waals surface area contributed by atoms with Gasteiger partial charge in [0.25, 0.3) is 0 Å². The normalized spacial score (nSPS) is 10.1. The fourth-order valence-corrected chi connectivity index (χ4v) is 2.51. The predicted molar refractivity (Wildman–Crippen MR) is 94.9 cm³/mol. The van der Waals surface area contributed by atoms with Crippen molar-refractivity contribution in [1.29, 1.82) is 0 Å². The van der Waals surface area contributed by atoms with Gasteiger partial charge in [-0.3, -0.25) is 4.68 Å². The van der Waals surface area contributed by atoms with Crippen LogP contribution in [0.2, 0.25) is 0 Å². The Morgan fingerprint density at radius 1 is 0.957 bits per heavy atom. The van der Waals surface area contributed by atoms with Gasteiger partial charge in [-0.15, -0.1) is 0 Å². The fourth-order valence-electron chi connectivity index (χ4n) is 2.51. The number of hydrogen-bond donors (Lipinski definition) is 0. The average Bonchev–Trinajstić information content (AvgIpc) is 2.97. The molecule has 0 spiro atoms. The Balaban J connectivity index is 1.60. The van der Waals surface area contributed by atoms with E-state index in [2.05, 4.69) is 65.5 Å². The number of rotatable bonds is 4. The third kappa shape index (κ3) is 4.11. The molecule has 1 heterocycles. The summed E-state index contributed by atoms with van der Waals surface area (Å²) in [5, 5.41) is 4.54. The van der Waals surface area contributed by atoms with Gasteiger partial charge in [0.2, 0.25) is 0 Å². The molecule has 23 heavy (non-hydrogen) atoms. The van der Waals surface area contributed by atoms with Crippen molar-refractivity contribution in [2.45, 2.75) is 19.3 Å². The molecule has 2 nitrogen and oxygen atoms in total. The van der Waals surface area contributed by atoms with Crippen LogP contribution >= 0.6 is 0 Å². The van der Waals surface area contributed by atoms with Crippen LogP contribution in [-0.2, 0) is 13.5 Å². The van der Waals surface area contributed by atoms with Crippen molar-refractivity contribution < 1.29 is 0 Å². The fraction of sp³-hybridized carbons (Fsp3) is 0.190. The summed E-state index contributed by atoms with van der Waals surface area (Å²) in [7, 11) is 1.94. The van der Waals surface area contributed by atoms with E-state index in [0.717, 1.165) is 36.2 Å². The van der Waals surface area contributed by atoms with Crippen molar-refractivity contribution >= 4 is 0 Å². The summed E-state index contributed by atoms with van der Waals surface area (Å²) in [5.41, 5.74) is 4.44. The SMILES string of the molecule is Cn1nc(-c2ccccc2)cc1C#CCCCc1ccccc1. The smallest absolute Gasteiger partial charge is 0.111 e. The molecule has 0 amide bonds. The summed E-state index contributed by atoms with van der Waals surface area (Å²) in [6.07, 6.45) is 3.07. The Hall–Kier alpha value is -2.79. The van der Waals surface area contributed by atoms with Crippen LogP contribution in [0.25, 0.3) is 11.3 Å². The number of hydrogen-bond acceptors (Lipinski definition) is 1. The molecule has 2 aromatic carbocycles. The molecule has 0 aliphatic rings. The summed E-state index contributed by atoms with van der Waals surface area (Å²) in [4.78, 5) is 0. The molecule has 0 saturated heterocycles. The van der Waals surface area contributed by atoms with Crippen molar-refractivity contribution in [2.75, 3.05) is 0 Å². The van der Waals surface area contributed by atoms with Gasteiger partial charge in [0.15, 0.2) is 0 Å². The maximum Gasteiger partial charge on any atom is 0.111 e. The van der Waals surface area contributed by atoms with Crippen LogP contribution < -0.4 is 0 Å². The summed E-state index contributed by atoms with van der Waals surface area (Å²) in [6, 6.07) is 22.8. The Morgan fingerprint density at radius 2 is 1.65 bits per heavy atom. The molecule has 1 aromatic heterocycles. The zero-order valence-corrected chi connectivity index (χ0v) is 13.4. The van der Waals surface area contributed by atoms with E-state index in [-0.39, 0.29) is 0 Å². The van der Waals surface area contributed by atoms with E-state index in [1.54, 1.807) is 0 Å². The van der Waals surface area contributed by atoms with E-state index in [1.165, 1.54) is 5.56 Å².